The van der Waals surface area contributed by atoms with Crippen molar-refractivity contribution in [1.29, 1.82) is 0 Å². The fraction of sp³-hybridized carbons (Fsp3) is 0.333. The molecule has 2 aliphatic rings. The topological polar surface area (TPSA) is 58.6 Å². The van der Waals surface area contributed by atoms with E-state index in [1.807, 2.05) is 23.1 Å². The van der Waals surface area contributed by atoms with E-state index in [1.165, 1.54) is 12.7 Å². The summed E-state index contributed by atoms with van der Waals surface area (Å²) in [6.07, 6.45) is 2.88. The Morgan fingerprint density at radius 3 is 2.70 bits per heavy atom. The predicted octanol–water partition coefficient (Wildman–Crippen LogP) is 3.90. The van der Waals surface area contributed by atoms with Gasteiger partial charge in [0.1, 0.15) is 5.75 Å². The number of amides is 2. The molecule has 0 atom stereocenters. The van der Waals surface area contributed by atoms with Crippen LogP contribution in [-0.4, -0.2) is 30.4 Å². The molecular formula is C21H21ClN2O3. The molecule has 27 heavy (non-hydrogen) atoms. The summed E-state index contributed by atoms with van der Waals surface area (Å²) in [6, 6.07) is 10.8. The number of carbonyl (C=O) groups is 2. The van der Waals surface area contributed by atoms with Crippen LogP contribution in [0.1, 0.15) is 34.3 Å². The number of fused-ring (bicyclic) bond motifs is 1. The molecule has 2 amide bonds. The van der Waals surface area contributed by atoms with Gasteiger partial charge in [0.25, 0.3) is 5.91 Å². The summed E-state index contributed by atoms with van der Waals surface area (Å²) in [5.74, 6) is 0.676. The maximum atomic E-state index is 12.7. The van der Waals surface area contributed by atoms with Gasteiger partial charge in [-0.15, -0.1) is 0 Å². The van der Waals surface area contributed by atoms with Crippen LogP contribution in [0.5, 0.6) is 5.75 Å². The standard InChI is InChI=1S/C21H21ClN2O3/c1-27-19-7-5-16(22)11-18(19)20(25)23-17-6-4-13-8-9-24(12-15(13)10-17)21(26)14-2-3-14/h4-7,10-11,14H,2-3,8-9,12H2,1H3,(H,23,25). The molecule has 0 aromatic heterocycles. The molecule has 140 valence electrons. The number of nitrogens with one attached hydrogen (secondary N) is 1. The number of rotatable bonds is 4. The van der Waals surface area contributed by atoms with Gasteiger partial charge in [0.15, 0.2) is 0 Å². The molecule has 1 fully saturated rings. The third-order valence-corrected chi connectivity index (χ3v) is 5.36. The van der Waals surface area contributed by atoms with E-state index in [1.54, 1.807) is 18.2 Å². The van der Waals surface area contributed by atoms with Crippen molar-refractivity contribution in [2.24, 2.45) is 5.92 Å². The van der Waals surface area contributed by atoms with Gasteiger partial charge in [-0.1, -0.05) is 17.7 Å². The lowest BCUT2D eigenvalue weighted by molar-refractivity contribution is -0.133. The smallest absolute Gasteiger partial charge is 0.259 e. The Labute approximate surface area is 163 Å². The average molecular weight is 385 g/mol. The minimum Gasteiger partial charge on any atom is -0.496 e. The van der Waals surface area contributed by atoms with Crippen LogP contribution in [0.3, 0.4) is 0 Å². The molecule has 1 aliphatic heterocycles. The van der Waals surface area contributed by atoms with Gasteiger partial charge in [0.2, 0.25) is 5.91 Å². The molecule has 1 heterocycles. The largest absolute Gasteiger partial charge is 0.496 e. The van der Waals surface area contributed by atoms with Crippen LogP contribution in [0.15, 0.2) is 36.4 Å². The van der Waals surface area contributed by atoms with Crippen LogP contribution < -0.4 is 10.1 Å². The summed E-state index contributed by atoms with van der Waals surface area (Å²) >= 11 is 6.02. The summed E-state index contributed by atoms with van der Waals surface area (Å²) in [7, 11) is 1.52. The van der Waals surface area contributed by atoms with Gasteiger partial charge >= 0.3 is 0 Å². The molecule has 0 radical (unpaired) electrons. The van der Waals surface area contributed by atoms with Crippen LogP contribution >= 0.6 is 11.6 Å². The Morgan fingerprint density at radius 1 is 1.15 bits per heavy atom. The second-order valence-corrected chi connectivity index (χ2v) is 7.50. The molecule has 0 saturated heterocycles. The van der Waals surface area contributed by atoms with Gasteiger partial charge in [-0.25, -0.2) is 0 Å². The summed E-state index contributed by atoms with van der Waals surface area (Å²) in [5.41, 5.74) is 3.40. The van der Waals surface area contributed by atoms with E-state index in [0.29, 0.717) is 28.6 Å². The van der Waals surface area contributed by atoms with Gasteiger partial charge in [-0.3, -0.25) is 9.59 Å². The second kappa shape index (κ2) is 7.24. The lowest BCUT2D eigenvalue weighted by Crippen LogP contribution is -2.36. The Bertz CT molecular complexity index is 908. The van der Waals surface area contributed by atoms with Crippen molar-refractivity contribution in [2.45, 2.75) is 25.8 Å². The maximum Gasteiger partial charge on any atom is 0.259 e. The zero-order valence-electron chi connectivity index (χ0n) is 15.1. The Hall–Kier alpha value is -2.53. The van der Waals surface area contributed by atoms with Gasteiger partial charge in [-0.2, -0.15) is 0 Å². The van der Waals surface area contributed by atoms with Crippen molar-refractivity contribution in [3.05, 3.63) is 58.1 Å². The Morgan fingerprint density at radius 2 is 1.96 bits per heavy atom. The zero-order chi connectivity index (χ0) is 19.0. The van der Waals surface area contributed by atoms with Gasteiger partial charge < -0.3 is 15.0 Å². The molecule has 2 aromatic rings. The van der Waals surface area contributed by atoms with Crippen LogP contribution in [-0.2, 0) is 17.8 Å². The minimum atomic E-state index is -0.281. The Balaban J connectivity index is 1.52. The van der Waals surface area contributed by atoms with Crippen LogP contribution in [0.2, 0.25) is 5.02 Å². The highest BCUT2D eigenvalue weighted by molar-refractivity contribution is 6.31. The van der Waals surface area contributed by atoms with Crippen molar-refractivity contribution in [2.75, 3.05) is 19.0 Å². The zero-order valence-corrected chi connectivity index (χ0v) is 15.9. The van der Waals surface area contributed by atoms with Crippen molar-refractivity contribution in [3.8, 4) is 5.75 Å². The first-order valence-electron chi connectivity index (χ1n) is 9.10. The average Bonchev–Trinajstić information content (AvgIpc) is 3.52. The predicted molar refractivity (Wildman–Crippen MR) is 104 cm³/mol. The van der Waals surface area contributed by atoms with E-state index in [9.17, 15) is 9.59 Å². The number of benzene rings is 2. The molecule has 4 rings (SSSR count). The first-order chi connectivity index (χ1) is 13.0. The van der Waals surface area contributed by atoms with Gasteiger partial charge in [0.05, 0.1) is 12.7 Å². The van der Waals surface area contributed by atoms with Crippen molar-refractivity contribution >= 4 is 29.1 Å². The number of halogens is 1. The first-order valence-corrected chi connectivity index (χ1v) is 9.48. The number of hydrogen-bond donors (Lipinski definition) is 1. The summed E-state index contributed by atoms with van der Waals surface area (Å²) < 4.78 is 5.25. The fourth-order valence-corrected chi connectivity index (χ4v) is 3.64. The van der Waals surface area contributed by atoms with E-state index < -0.39 is 0 Å². The Kier molecular flexibility index (Phi) is 4.79. The van der Waals surface area contributed by atoms with Crippen LogP contribution in [0, 0.1) is 5.92 Å². The van der Waals surface area contributed by atoms with E-state index >= 15 is 0 Å². The van der Waals surface area contributed by atoms with Crippen molar-refractivity contribution in [1.82, 2.24) is 4.90 Å². The van der Waals surface area contributed by atoms with Crippen LogP contribution in [0.4, 0.5) is 5.69 Å². The molecule has 0 unspecified atom stereocenters. The highest BCUT2D eigenvalue weighted by Gasteiger charge is 2.34. The molecular weight excluding hydrogens is 364 g/mol. The summed E-state index contributed by atoms with van der Waals surface area (Å²) in [4.78, 5) is 27.0. The maximum absolute atomic E-state index is 12.7. The van der Waals surface area contributed by atoms with Crippen molar-refractivity contribution in [3.63, 3.8) is 0 Å². The summed E-state index contributed by atoms with van der Waals surface area (Å²) in [5, 5.41) is 3.38. The number of methoxy groups -OCH3 is 1. The number of carbonyl (C=O) groups excluding carboxylic acids is 2. The third kappa shape index (κ3) is 3.78. The van der Waals surface area contributed by atoms with Crippen LogP contribution in [0.25, 0.3) is 0 Å². The van der Waals surface area contributed by atoms with E-state index in [-0.39, 0.29) is 17.7 Å². The molecule has 5 nitrogen and oxygen atoms in total. The third-order valence-electron chi connectivity index (χ3n) is 5.12. The molecule has 1 aliphatic carbocycles. The number of ether oxygens (including phenoxy) is 1. The first kappa shape index (κ1) is 17.9. The molecule has 1 N–H and O–H groups in total. The molecule has 2 aromatic carbocycles. The number of anilines is 1. The normalized spacial score (nSPS) is 15.9. The molecule has 0 bridgehead atoms. The summed E-state index contributed by atoms with van der Waals surface area (Å²) in [6.45, 7) is 1.38. The van der Waals surface area contributed by atoms with Crippen molar-refractivity contribution < 1.29 is 14.3 Å². The lowest BCUT2D eigenvalue weighted by atomic mass is 9.98. The van der Waals surface area contributed by atoms with E-state index in [0.717, 1.165) is 31.4 Å². The SMILES string of the molecule is COc1ccc(Cl)cc1C(=O)Nc1ccc2c(c1)CN(C(=O)C1CC1)CC2. The monoisotopic (exact) mass is 384 g/mol. The fourth-order valence-electron chi connectivity index (χ4n) is 3.47. The van der Waals surface area contributed by atoms with Gasteiger partial charge in [-0.05, 0) is 60.7 Å². The quantitative estimate of drug-likeness (QED) is 0.869. The van der Waals surface area contributed by atoms with E-state index in [2.05, 4.69) is 5.32 Å². The molecule has 0 spiro atoms. The van der Waals surface area contributed by atoms with Gasteiger partial charge in [0, 0.05) is 29.7 Å². The highest BCUT2D eigenvalue weighted by Crippen LogP contribution is 2.33. The van der Waals surface area contributed by atoms with E-state index in [4.69, 9.17) is 16.3 Å². The number of nitrogens with zero attached hydrogens (tertiary/aromatic N) is 1. The minimum absolute atomic E-state index is 0.227. The lowest BCUT2D eigenvalue weighted by Gasteiger charge is -2.29. The highest BCUT2D eigenvalue weighted by atomic mass is 35.5. The molecule has 6 heteroatoms. The second-order valence-electron chi connectivity index (χ2n) is 7.07. The number of hydrogen-bond acceptors (Lipinski definition) is 3. The molecule has 1 saturated carbocycles.